The second-order valence-corrected chi connectivity index (χ2v) is 5.61. The number of benzene rings is 1. The average molecular weight is 262 g/mol. The third-order valence-corrected chi connectivity index (χ3v) is 3.49. The zero-order chi connectivity index (χ0) is 14.3. The van der Waals surface area contributed by atoms with Crippen molar-refractivity contribution >= 4 is 5.91 Å². The standard InChI is InChI=1S/C16H26N2O/c1-12(2)15(14-7-5-4-6-8-14)9-16(19)18-11-13(3)10-17/h4-8,12-13,15H,9-11,17H2,1-3H3,(H,18,19). The predicted octanol–water partition coefficient (Wildman–Crippen LogP) is 2.53. The maximum absolute atomic E-state index is 12.0. The molecule has 106 valence electrons. The number of carbonyl (C=O) groups excluding carboxylic acids is 1. The number of nitrogens with one attached hydrogen (secondary N) is 1. The molecule has 0 bridgehead atoms. The van der Waals surface area contributed by atoms with Crippen LogP contribution < -0.4 is 11.1 Å². The largest absolute Gasteiger partial charge is 0.356 e. The molecule has 3 N–H and O–H groups in total. The Bertz CT molecular complexity index is 376. The summed E-state index contributed by atoms with van der Waals surface area (Å²) in [6.07, 6.45) is 0.541. The van der Waals surface area contributed by atoms with Crippen molar-refractivity contribution in [2.75, 3.05) is 13.1 Å². The summed E-state index contributed by atoms with van der Waals surface area (Å²) in [5.74, 6) is 1.16. The lowest BCUT2D eigenvalue weighted by Crippen LogP contribution is -2.32. The van der Waals surface area contributed by atoms with Gasteiger partial charge in [0, 0.05) is 13.0 Å². The van der Waals surface area contributed by atoms with Crippen LogP contribution in [0.4, 0.5) is 0 Å². The van der Waals surface area contributed by atoms with Crippen LogP contribution >= 0.6 is 0 Å². The first-order valence-electron chi connectivity index (χ1n) is 7.06. The predicted molar refractivity (Wildman–Crippen MR) is 79.9 cm³/mol. The van der Waals surface area contributed by atoms with E-state index in [4.69, 9.17) is 5.73 Å². The molecular weight excluding hydrogens is 236 g/mol. The van der Waals surface area contributed by atoms with E-state index in [0.717, 1.165) is 0 Å². The summed E-state index contributed by atoms with van der Waals surface area (Å²) in [6, 6.07) is 10.3. The van der Waals surface area contributed by atoms with Crippen LogP contribution in [-0.4, -0.2) is 19.0 Å². The van der Waals surface area contributed by atoms with E-state index < -0.39 is 0 Å². The van der Waals surface area contributed by atoms with E-state index in [1.54, 1.807) is 0 Å². The molecule has 1 aromatic rings. The highest BCUT2D eigenvalue weighted by Gasteiger charge is 2.19. The maximum atomic E-state index is 12.0. The molecule has 0 fully saturated rings. The fourth-order valence-electron chi connectivity index (χ4n) is 2.08. The zero-order valence-corrected chi connectivity index (χ0v) is 12.2. The highest BCUT2D eigenvalue weighted by Crippen LogP contribution is 2.27. The van der Waals surface area contributed by atoms with Crippen molar-refractivity contribution in [2.24, 2.45) is 17.6 Å². The summed E-state index contributed by atoms with van der Waals surface area (Å²) >= 11 is 0. The average Bonchev–Trinajstić information content (AvgIpc) is 2.42. The monoisotopic (exact) mass is 262 g/mol. The molecule has 0 heterocycles. The van der Waals surface area contributed by atoms with Crippen molar-refractivity contribution in [3.05, 3.63) is 35.9 Å². The Kier molecular flexibility index (Phi) is 6.57. The topological polar surface area (TPSA) is 55.1 Å². The third-order valence-electron chi connectivity index (χ3n) is 3.49. The minimum Gasteiger partial charge on any atom is -0.356 e. The van der Waals surface area contributed by atoms with Crippen LogP contribution in [-0.2, 0) is 4.79 Å². The molecule has 2 atom stereocenters. The first kappa shape index (κ1) is 15.7. The molecule has 0 aliphatic heterocycles. The fraction of sp³-hybridized carbons (Fsp3) is 0.562. The molecule has 0 saturated carbocycles. The number of hydrogen-bond donors (Lipinski definition) is 2. The summed E-state index contributed by atoms with van der Waals surface area (Å²) in [6.45, 7) is 7.62. The number of nitrogens with two attached hydrogens (primary N) is 1. The van der Waals surface area contributed by atoms with Crippen molar-refractivity contribution in [2.45, 2.75) is 33.1 Å². The van der Waals surface area contributed by atoms with Gasteiger partial charge in [-0.1, -0.05) is 51.1 Å². The molecular formula is C16H26N2O. The Morgan fingerprint density at radius 3 is 2.37 bits per heavy atom. The lowest BCUT2D eigenvalue weighted by molar-refractivity contribution is -0.121. The lowest BCUT2D eigenvalue weighted by atomic mass is 9.85. The van der Waals surface area contributed by atoms with Gasteiger partial charge < -0.3 is 11.1 Å². The van der Waals surface area contributed by atoms with E-state index in [1.165, 1.54) is 5.56 Å². The second kappa shape index (κ2) is 7.95. The van der Waals surface area contributed by atoms with E-state index >= 15 is 0 Å². The van der Waals surface area contributed by atoms with Gasteiger partial charge in [-0.2, -0.15) is 0 Å². The Balaban J connectivity index is 2.57. The molecule has 2 unspecified atom stereocenters. The molecule has 1 aromatic carbocycles. The van der Waals surface area contributed by atoms with Gasteiger partial charge >= 0.3 is 0 Å². The Morgan fingerprint density at radius 2 is 1.84 bits per heavy atom. The van der Waals surface area contributed by atoms with Crippen LogP contribution in [0.15, 0.2) is 30.3 Å². The van der Waals surface area contributed by atoms with E-state index in [0.29, 0.717) is 31.3 Å². The second-order valence-electron chi connectivity index (χ2n) is 5.61. The fourth-order valence-corrected chi connectivity index (χ4v) is 2.08. The van der Waals surface area contributed by atoms with Crippen molar-refractivity contribution in [3.8, 4) is 0 Å². The van der Waals surface area contributed by atoms with Crippen LogP contribution in [0.1, 0.15) is 38.7 Å². The van der Waals surface area contributed by atoms with Gasteiger partial charge in [-0.25, -0.2) is 0 Å². The van der Waals surface area contributed by atoms with Gasteiger partial charge in [0.25, 0.3) is 0 Å². The van der Waals surface area contributed by atoms with Gasteiger partial charge in [-0.3, -0.25) is 4.79 Å². The Morgan fingerprint density at radius 1 is 1.21 bits per heavy atom. The van der Waals surface area contributed by atoms with Gasteiger partial charge in [-0.05, 0) is 29.9 Å². The van der Waals surface area contributed by atoms with Gasteiger partial charge in [0.2, 0.25) is 5.91 Å². The summed E-state index contributed by atoms with van der Waals surface area (Å²) in [5.41, 5.74) is 6.78. The van der Waals surface area contributed by atoms with Crippen molar-refractivity contribution in [3.63, 3.8) is 0 Å². The van der Waals surface area contributed by atoms with E-state index in [-0.39, 0.29) is 11.8 Å². The number of hydrogen-bond acceptors (Lipinski definition) is 2. The maximum Gasteiger partial charge on any atom is 0.220 e. The molecule has 3 heteroatoms. The highest BCUT2D eigenvalue weighted by atomic mass is 16.1. The summed E-state index contributed by atoms with van der Waals surface area (Å²) in [4.78, 5) is 12.0. The molecule has 0 spiro atoms. The number of rotatable bonds is 7. The zero-order valence-electron chi connectivity index (χ0n) is 12.2. The molecule has 19 heavy (non-hydrogen) atoms. The highest BCUT2D eigenvalue weighted by molar-refractivity contribution is 5.76. The first-order chi connectivity index (χ1) is 9.04. The van der Waals surface area contributed by atoms with E-state index in [1.807, 2.05) is 25.1 Å². The van der Waals surface area contributed by atoms with Crippen LogP contribution in [0.2, 0.25) is 0 Å². The SMILES string of the molecule is CC(CN)CNC(=O)CC(c1ccccc1)C(C)C. The van der Waals surface area contributed by atoms with Crippen LogP contribution in [0.5, 0.6) is 0 Å². The number of carbonyl (C=O) groups is 1. The summed E-state index contributed by atoms with van der Waals surface area (Å²) < 4.78 is 0. The normalized spacial score (nSPS) is 14.2. The van der Waals surface area contributed by atoms with Gasteiger partial charge in [-0.15, -0.1) is 0 Å². The Labute approximate surface area is 116 Å². The molecule has 0 saturated heterocycles. The molecule has 3 nitrogen and oxygen atoms in total. The summed E-state index contributed by atoms with van der Waals surface area (Å²) in [7, 11) is 0. The van der Waals surface area contributed by atoms with E-state index in [9.17, 15) is 4.79 Å². The van der Waals surface area contributed by atoms with Gasteiger partial charge in [0.15, 0.2) is 0 Å². The lowest BCUT2D eigenvalue weighted by Gasteiger charge is -2.21. The minimum absolute atomic E-state index is 0.114. The molecule has 0 aliphatic carbocycles. The minimum atomic E-state index is 0.114. The van der Waals surface area contributed by atoms with Crippen LogP contribution in [0.25, 0.3) is 0 Å². The smallest absolute Gasteiger partial charge is 0.220 e. The van der Waals surface area contributed by atoms with Gasteiger partial charge in [0.05, 0.1) is 0 Å². The van der Waals surface area contributed by atoms with E-state index in [2.05, 4.69) is 31.3 Å². The Hall–Kier alpha value is -1.35. The molecule has 1 rings (SSSR count). The van der Waals surface area contributed by atoms with Crippen LogP contribution in [0.3, 0.4) is 0 Å². The summed E-state index contributed by atoms with van der Waals surface area (Å²) in [5, 5.41) is 2.97. The quantitative estimate of drug-likeness (QED) is 0.793. The first-order valence-corrected chi connectivity index (χ1v) is 7.06. The molecule has 0 aliphatic rings. The van der Waals surface area contributed by atoms with Crippen LogP contribution in [0, 0.1) is 11.8 Å². The molecule has 1 amide bonds. The molecule has 0 radical (unpaired) electrons. The van der Waals surface area contributed by atoms with Gasteiger partial charge in [0.1, 0.15) is 0 Å². The van der Waals surface area contributed by atoms with Crippen molar-refractivity contribution < 1.29 is 4.79 Å². The van der Waals surface area contributed by atoms with Crippen molar-refractivity contribution in [1.82, 2.24) is 5.32 Å². The molecule has 0 aromatic heterocycles. The number of amides is 1. The van der Waals surface area contributed by atoms with Crippen molar-refractivity contribution in [1.29, 1.82) is 0 Å². The third kappa shape index (κ3) is 5.43.